The molecular weight excluding hydrogens is 315 g/mol. The highest BCUT2D eigenvalue weighted by Crippen LogP contribution is 2.47. The van der Waals surface area contributed by atoms with Crippen molar-refractivity contribution < 1.29 is 4.79 Å². The van der Waals surface area contributed by atoms with E-state index in [1.807, 2.05) is 12.1 Å². The van der Waals surface area contributed by atoms with Crippen LogP contribution in [0.3, 0.4) is 0 Å². The maximum absolute atomic E-state index is 12.2. The molecule has 2 saturated carbocycles. The van der Waals surface area contributed by atoms with Crippen molar-refractivity contribution in [3.8, 4) is 0 Å². The van der Waals surface area contributed by atoms with Crippen molar-refractivity contribution in [1.29, 1.82) is 0 Å². The molecule has 0 aromatic carbocycles. The summed E-state index contributed by atoms with van der Waals surface area (Å²) in [5, 5.41) is 3.04. The Bertz CT molecular complexity index is 477. The smallest absolute Gasteiger partial charge is 0.224 e. The van der Waals surface area contributed by atoms with Gasteiger partial charge in [0.15, 0.2) is 0 Å². The van der Waals surface area contributed by atoms with Gasteiger partial charge < -0.3 is 11.1 Å². The molecule has 2 fully saturated rings. The number of carbonyl (C=O) groups excluding carboxylic acids is 1. The summed E-state index contributed by atoms with van der Waals surface area (Å²) >= 11 is 7.46. The van der Waals surface area contributed by atoms with E-state index in [9.17, 15) is 4.79 Å². The van der Waals surface area contributed by atoms with Crippen LogP contribution in [0.5, 0.6) is 0 Å². The SMILES string of the molecule is Cl.NC1C2CCC(C2)C1C(=O)NCCc1ccc(Cl)s1. The van der Waals surface area contributed by atoms with Crippen LogP contribution in [-0.4, -0.2) is 18.5 Å². The van der Waals surface area contributed by atoms with E-state index in [0.717, 1.165) is 17.2 Å². The summed E-state index contributed by atoms with van der Waals surface area (Å²) < 4.78 is 0.802. The number of thiophene rings is 1. The lowest BCUT2D eigenvalue weighted by atomic mass is 9.84. The number of nitrogens with one attached hydrogen (secondary N) is 1. The molecule has 6 heteroatoms. The Balaban J connectivity index is 0.00000147. The fraction of sp³-hybridized carbons (Fsp3) is 0.643. The maximum atomic E-state index is 12.2. The predicted octanol–water partition coefficient (Wildman–Crippen LogP) is 2.86. The van der Waals surface area contributed by atoms with Crippen molar-refractivity contribution in [3.63, 3.8) is 0 Å². The molecular formula is C14H20Cl2N2OS. The van der Waals surface area contributed by atoms with Crippen molar-refractivity contribution in [1.82, 2.24) is 5.32 Å². The van der Waals surface area contributed by atoms with Crippen molar-refractivity contribution >= 4 is 41.3 Å². The molecule has 1 aromatic rings. The molecule has 1 amide bonds. The lowest BCUT2D eigenvalue weighted by Gasteiger charge is -2.26. The van der Waals surface area contributed by atoms with E-state index in [0.29, 0.717) is 18.4 Å². The summed E-state index contributed by atoms with van der Waals surface area (Å²) in [6, 6.07) is 3.99. The molecule has 4 atom stereocenters. The van der Waals surface area contributed by atoms with Crippen LogP contribution in [0.15, 0.2) is 12.1 Å². The van der Waals surface area contributed by atoms with Gasteiger partial charge in [0.05, 0.1) is 10.3 Å². The molecule has 4 unspecified atom stereocenters. The number of nitrogens with two attached hydrogens (primary N) is 1. The summed E-state index contributed by atoms with van der Waals surface area (Å²) in [5.41, 5.74) is 6.18. The maximum Gasteiger partial charge on any atom is 0.224 e. The highest BCUT2D eigenvalue weighted by Gasteiger charge is 2.48. The quantitative estimate of drug-likeness (QED) is 0.889. The molecule has 3 nitrogen and oxygen atoms in total. The molecule has 3 rings (SSSR count). The van der Waals surface area contributed by atoms with Gasteiger partial charge in [0.1, 0.15) is 0 Å². The second-order valence-corrected chi connectivity index (χ2v) is 7.48. The molecule has 0 spiro atoms. The molecule has 0 radical (unpaired) electrons. The largest absolute Gasteiger partial charge is 0.355 e. The van der Waals surface area contributed by atoms with Crippen LogP contribution in [0.4, 0.5) is 0 Å². The highest BCUT2D eigenvalue weighted by atomic mass is 35.5. The Morgan fingerprint density at radius 3 is 2.75 bits per heavy atom. The Labute approximate surface area is 134 Å². The van der Waals surface area contributed by atoms with Gasteiger partial charge in [-0.05, 0) is 49.7 Å². The van der Waals surface area contributed by atoms with E-state index in [1.54, 1.807) is 11.3 Å². The fourth-order valence-electron chi connectivity index (χ4n) is 3.64. The van der Waals surface area contributed by atoms with E-state index in [1.165, 1.54) is 17.7 Å². The van der Waals surface area contributed by atoms with E-state index >= 15 is 0 Å². The van der Waals surface area contributed by atoms with E-state index in [-0.39, 0.29) is 30.3 Å². The lowest BCUT2D eigenvalue weighted by Crippen LogP contribution is -2.45. The summed E-state index contributed by atoms with van der Waals surface area (Å²) in [6.45, 7) is 0.677. The van der Waals surface area contributed by atoms with Crippen molar-refractivity contribution in [2.24, 2.45) is 23.5 Å². The Morgan fingerprint density at radius 2 is 2.15 bits per heavy atom. The van der Waals surface area contributed by atoms with Gasteiger partial charge in [0, 0.05) is 17.5 Å². The lowest BCUT2D eigenvalue weighted by molar-refractivity contribution is -0.127. The molecule has 1 aromatic heterocycles. The second kappa shape index (κ2) is 6.65. The normalized spacial score (nSPS) is 31.1. The molecule has 2 bridgehead atoms. The van der Waals surface area contributed by atoms with Crippen LogP contribution in [0.2, 0.25) is 4.34 Å². The number of rotatable bonds is 4. The minimum Gasteiger partial charge on any atom is -0.355 e. The Hall–Kier alpha value is -0.290. The molecule has 3 N–H and O–H groups in total. The average molecular weight is 335 g/mol. The molecule has 20 heavy (non-hydrogen) atoms. The topological polar surface area (TPSA) is 55.1 Å². The first kappa shape index (κ1) is 16.1. The summed E-state index contributed by atoms with van der Waals surface area (Å²) in [5.74, 6) is 1.31. The second-order valence-electron chi connectivity index (χ2n) is 5.68. The average Bonchev–Trinajstić information content (AvgIpc) is 3.05. The predicted molar refractivity (Wildman–Crippen MR) is 85.6 cm³/mol. The van der Waals surface area contributed by atoms with Crippen LogP contribution in [-0.2, 0) is 11.2 Å². The third kappa shape index (κ3) is 3.14. The standard InChI is InChI=1S/C14H19ClN2OS.ClH/c15-11-4-3-10(19-11)5-6-17-14(18)12-8-1-2-9(7-8)13(12)16;/h3-4,8-9,12-13H,1-2,5-7,16H2,(H,17,18);1H. The number of amides is 1. The zero-order valence-corrected chi connectivity index (χ0v) is 13.6. The molecule has 1 heterocycles. The van der Waals surface area contributed by atoms with Crippen LogP contribution in [0.25, 0.3) is 0 Å². The minimum atomic E-state index is 0. The first-order valence-electron chi connectivity index (χ1n) is 6.92. The van der Waals surface area contributed by atoms with E-state index in [2.05, 4.69) is 5.32 Å². The number of fused-ring (bicyclic) bond motifs is 2. The summed E-state index contributed by atoms with van der Waals surface area (Å²) in [6.07, 6.45) is 4.39. The van der Waals surface area contributed by atoms with Gasteiger partial charge >= 0.3 is 0 Å². The van der Waals surface area contributed by atoms with Crippen LogP contribution in [0, 0.1) is 17.8 Å². The Morgan fingerprint density at radius 1 is 1.40 bits per heavy atom. The summed E-state index contributed by atoms with van der Waals surface area (Å²) in [4.78, 5) is 13.4. The van der Waals surface area contributed by atoms with Gasteiger partial charge in [-0.25, -0.2) is 0 Å². The molecule has 0 aliphatic heterocycles. The number of hydrogen-bond acceptors (Lipinski definition) is 3. The Kier molecular flexibility index (Phi) is 5.35. The van der Waals surface area contributed by atoms with Gasteiger partial charge in [-0.15, -0.1) is 23.7 Å². The van der Waals surface area contributed by atoms with Crippen LogP contribution < -0.4 is 11.1 Å². The highest BCUT2D eigenvalue weighted by molar-refractivity contribution is 7.16. The fourth-order valence-corrected chi connectivity index (χ4v) is 4.72. The molecule has 0 saturated heterocycles. The summed E-state index contributed by atoms with van der Waals surface area (Å²) in [7, 11) is 0. The number of hydrogen-bond donors (Lipinski definition) is 2. The van der Waals surface area contributed by atoms with Crippen LogP contribution in [0.1, 0.15) is 24.1 Å². The molecule has 2 aliphatic carbocycles. The van der Waals surface area contributed by atoms with Crippen molar-refractivity contribution in [3.05, 3.63) is 21.3 Å². The first-order chi connectivity index (χ1) is 9.15. The van der Waals surface area contributed by atoms with Crippen LogP contribution >= 0.6 is 35.3 Å². The van der Waals surface area contributed by atoms with Gasteiger partial charge in [0.25, 0.3) is 0 Å². The zero-order valence-electron chi connectivity index (χ0n) is 11.2. The van der Waals surface area contributed by atoms with Gasteiger partial charge in [-0.1, -0.05) is 11.6 Å². The van der Waals surface area contributed by atoms with Crippen molar-refractivity contribution in [2.75, 3.05) is 6.54 Å². The molecule has 2 aliphatic rings. The third-order valence-corrected chi connectivity index (χ3v) is 5.87. The van der Waals surface area contributed by atoms with E-state index in [4.69, 9.17) is 17.3 Å². The number of carbonyl (C=O) groups is 1. The van der Waals surface area contributed by atoms with Crippen molar-refractivity contribution in [2.45, 2.75) is 31.7 Å². The molecule has 112 valence electrons. The first-order valence-corrected chi connectivity index (χ1v) is 8.12. The van der Waals surface area contributed by atoms with E-state index < -0.39 is 0 Å². The zero-order chi connectivity index (χ0) is 13.4. The van der Waals surface area contributed by atoms with Gasteiger partial charge in [0.2, 0.25) is 5.91 Å². The minimum absolute atomic E-state index is 0. The van der Waals surface area contributed by atoms with Gasteiger partial charge in [-0.3, -0.25) is 4.79 Å². The number of halogens is 2. The van der Waals surface area contributed by atoms with Gasteiger partial charge in [-0.2, -0.15) is 0 Å². The monoisotopic (exact) mass is 334 g/mol. The third-order valence-electron chi connectivity index (χ3n) is 4.58.